The van der Waals surface area contributed by atoms with Crippen LogP contribution in [0.3, 0.4) is 0 Å². The molecular formula is C10H7F2N3O4S. The summed E-state index contributed by atoms with van der Waals surface area (Å²) in [5.74, 6) is -5.00. The standard InChI is InChI=1S/C10H7F2N3O4S/c11-5-1-2-6(9(12)8(5)10(16)17)20(18,19)15-7-3-4-13-14-7/h1-4H,(H,16,17)(H2,13,14,15). The number of carbonyl (C=O) groups is 1. The number of nitrogens with one attached hydrogen (secondary N) is 2. The minimum atomic E-state index is -4.41. The fraction of sp³-hybridized carbons (Fsp3) is 0. The number of carboxylic acids is 1. The number of anilines is 1. The van der Waals surface area contributed by atoms with Gasteiger partial charge in [0.05, 0.1) is 6.20 Å². The van der Waals surface area contributed by atoms with Gasteiger partial charge in [0.2, 0.25) is 0 Å². The zero-order valence-corrected chi connectivity index (χ0v) is 10.4. The highest BCUT2D eigenvalue weighted by Crippen LogP contribution is 2.22. The van der Waals surface area contributed by atoms with Gasteiger partial charge in [0.15, 0.2) is 5.82 Å². The molecule has 0 amide bonds. The van der Waals surface area contributed by atoms with Gasteiger partial charge in [-0.1, -0.05) is 0 Å². The Labute approximate surface area is 111 Å². The first-order valence-corrected chi connectivity index (χ1v) is 6.54. The van der Waals surface area contributed by atoms with Crippen LogP contribution in [-0.2, 0) is 10.0 Å². The van der Waals surface area contributed by atoms with Crippen molar-refractivity contribution < 1.29 is 27.1 Å². The lowest BCUT2D eigenvalue weighted by molar-refractivity contribution is 0.0685. The molecule has 0 unspecified atom stereocenters. The van der Waals surface area contributed by atoms with E-state index in [1.165, 1.54) is 12.3 Å². The molecule has 106 valence electrons. The largest absolute Gasteiger partial charge is 0.477 e. The number of nitrogens with zero attached hydrogens (tertiary/aromatic N) is 1. The molecule has 0 saturated heterocycles. The molecule has 0 aliphatic carbocycles. The zero-order valence-electron chi connectivity index (χ0n) is 9.59. The number of carboxylic acid groups (broad SMARTS) is 1. The van der Waals surface area contributed by atoms with Crippen molar-refractivity contribution in [2.45, 2.75) is 4.90 Å². The molecule has 0 radical (unpaired) electrons. The topological polar surface area (TPSA) is 112 Å². The molecule has 1 aromatic carbocycles. The molecule has 0 aliphatic heterocycles. The van der Waals surface area contributed by atoms with Crippen molar-refractivity contribution in [1.29, 1.82) is 0 Å². The number of halogens is 2. The van der Waals surface area contributed by atoms with Gasteiger partial charge in [0.1, 0.15) is 22.1 Å². The molecule has 2 aromatic rings. The Morgan fingerprint density at radius 2 is 2.00 bits per heavy atom. The quantitative estimate of drug-likeness (QED) is 0.785. The van der Waals surface area contributed by atoms with Crippen LogP contribution >= 0.6 is 0 Å². The third kappa shape index (κ3) is 2.45. The summed E-state index contributed by atoms with van der Waals surface area (Å²) in [4.78, 5) is 9.75. The normalized spacial score (nSPS) is 11.3. The summed E-state index contributed by atoms with van der Waals surface area (Å²) in [6.07, 6.45) is 1.25. The Balaban J connectivity index is 2.53. The van der Waals surface area contributed by atoms with E-state index in [0.29, 0.717) is 12.1 Å². The fourth-order valence-corrected chi connectivity index (χ4v) is 2.55. The molecule has 0 spiro atoms. The molecule has 1 heterocycles. The lowest BCUT2D eigenvalue weighted by atomic mass is 10.2. The molecule has 0 aliphatic rings. The number of sulfonamides is 1. The minimum absolute atomic E-state index is 0.0504. The van der Waals surface area contributed by atoms with Crippen molar-refractivity contribution in [3.63, 3.8) is 0 Å². The smallest absolute Gasteiger partial charge is 0.341 e. The van der Waals surface area contributed by atoms with Gasteiger partial charge in [0, 0.05) is 6.07 Å². The first-order valence-electron chi connectivity index (χ1n) is 5.06. The third-order valence-electron chi connectivity index (χ3n) is 2.30. The Bertz CT molecular complexity index is 759. The molecule has 2 rings (SSSR count). The highest BCUT2D eigenvalue weighted by Gasteiger charge is 2.27. The second kappa shape index (κ2) is 4.89. The van der Waals surface area contributed by atoms with Gasteiger partial charge < -0.3 is 5.11 Å². The van der Waals surface area contributed by atoms with E-state index in [1.54, 1.807) is 0 Å². The van der Waals surface area contributed by atoms with Gasteiger partial charge >= 0.3 is 5.97 Å². The van der Waals surface area contributed by atoms with E-state index in [0.717, 1.165) is 0 Å². The number of rotatable bonds is 4. The van der Waals surface area contributed by atoms with Crippen molar-refractivity contribution in [2.24, 2.45) is 0 Å². The summed E-state index contributed by atoms with van der Waals surface area (Å²) in [7, 11) is -4.41. The predicted octanol–water partition coefficient (Wildman–Crippen LogP) is 1.19. The van der Waals surface area contributed by atoms with Gasteiger partial charge in [-0.2, -0.15) is 5.10 Å². The van der Waals surface area contributed by atoms with Gasteiger partial charge in [-0.05, 0) is 12.1 Å². The maximum Gasteiger partial charge on any atom is 0.341 e. The zero-order chi connectivity index (χ0) is 14.9. The van der Waals surface area contributed by atoms with Crippen molar-refractivity contribution in [2.75, 3.05) is 4.72 Å². The van der Waals surface area contributed by atoms with Crippen LogP contribution in [0.1, 0.15) is 10.4 Å². The number of hydrogen-bond acceptors (Lipinski definition) is 4. The van der Waals surface area contributed by atoms with E-state index in [2.05, 4.69) is 10.2 Å². The number of H-pyrrole nitrogens is 1. The monoisotopic (exact) mass is 303 g/mol. The van der Waals surface area contributed by atoms with E-state index < -0.39 is 38.1 Å². The molecule has 0 atom stereocenters. The van der Waals surface area contributed by atoms with Crippen LogP contribution in [0.5, 0.6) is 0 Å². The summed E-state index contributed by atoms with van der Waals surface area (Å²) >= 11 is 0. The second-order valence-electron chi connectivity index (χ2n) is 3.62. The molecule has 0 fully saturated rings. The van der Waals surface area contributed by atoms with Crippen molar-refractivity contribution in [1.82, 2.24) is 10.2 Å². The van der Waals surface area contributed by atoms with Gasteiger partial charge in [-0.3, -0.25) is 9.82 Å². The summed E-state index contributed by atoms with van der Waals surface area (Å²) in [6.45, 7) is 0. The average molecular weight is 303 g/mol. The van der Waals surface area contributed by atoms with Crippen LogP contribution in [0.15, 0.2) is 29.3 Å². The first-order chi connectivity index (χ1) is 9.33. The van der Waals surface area contributed by atoms with Crippen molar-refractivity contribution in [3.8, 4) is 0 Å². The van der Waals surface area contributed by atoms with E-state index in [9.17, 15) is 22.0 Å². The maximum absolute atomic E-state index is 13.8. The third-order valence-corrected chi connectivity index (χ3v) is 3.69. The number of aromatic carboxylic acids is 1. The van der Waals surface area contributed by atoms with Crippen LogP contribution in [0.25, 0.3) is 0 Å². The highest BCUT2D eigenvalue weighted by atomic mass is 32.2. The van der Waals surface area contributed by atoms with Crippen molar-refractivity contribution >= 4 is 21.8 Å². The first kappa shape index (κ1) is 13.9. The van der Waals surface area contributed by atoms with Crippen LogP contribution in [-0.4, -0.2) is 29.7 Å². The highest BCUT2D eigenvalue weighted by molar-refractivity contribution is 7.92. The second-order valence-corrected chi connectivity index (χ2v) is 5.27. The van der Waals surface area contributed by atoms with Gasteiger partial charge in [0.25, 0.3) is 10.0 Å². The number of benzene rings is 1. The number of aromatic nitrogens is 2. The lowest BCUT2D eigenvalue weighted by Gasteiger charge is -2.08. The maximum atomic E-state index is 13.8. The molecule has 0 bridgehead atoms. The molecule has 3 N–H and O–H groups in total. The van der Waals surface area contributed by atoms with Gasteiger partial charge in [-0.25, -0.2) is 22.0 Å². The van der Waals surface area contributed by atoms with Crippen LogP contribution < -0.4 is 4.72 Å². The fourth-order valence-electron chi connectivity index (χ4n) is 1.45. The molecule has 10 heteroatoms. The summed E-state index contributed by atoms with van der Waals surface area (Å²) in [5, 5.41) is 14.4. The number of aromatic amines is 1. The van der Waals surface area contributed by atoms with Crippen molar-refractivity contribution in [3.05, 3.63) is 41.6 Å². The van der Waals surface area contributed by atoms with E-state index in [1.807, 2.05) is 4.72 Å². The molecule has 0 saturated carbocycles. The Morgan fingerprint density at radius 3 is 2.55 bits per heavy atom. The predicted molar refractivity (Wildman–Crippen MR) is 62.7 cm³/mol. The van der Waals surface area contributed by atoms with Crippen LogP contribution in [0.2, 0.25) is 0 Å². The lowest BCUT2D eigenvalue weighted by Crippen LogP contribution is -2.17. The van der Waals surface area contributed by atoms with E-state index in [4.69, 9.17) is 5.11 Å². The van der Waals surface area contributed by atoms with E-state index in [-0.39, 0.29) is 5.82 Å². The van der Waals surface area contributed by atoms with Gasteiger partial charge in [-0.15, -0.1) is 0 Å². The van der Waals surface area contributed by atoms with Crippen LogP contribution in [0.4, 0.5) is 14.6 Å². The summed E-state index contributed by atoms with van der Waals surface area (Å²) < 4.78 is 52.8. The summed E-state index contributed by atoms with van der Waals surface area (Å²) in [5.41, 5.74) is -1.34. The van der Waals surface area contributed by atoms with Crippen LogP contribution in [0, 0.1) is 11.6 Å². The molecule has 20 heavy (non-hydrogen) atoms. The minimum Gasteiger partial charge on any atom is -0.477 e. The average Bonchev–Trinajstić information content (AvgIpc) is 2.79. The number of hydrogen-bond donors (Lipinski definition) is 3. The summed E-state index contributed by atoms with van der Waals surface area (Å²) in [6, 6.07) is 2.46. The molecule has 7 nitrogen and oxygen atoms in total. The Hall–Kier alpha value is -2.49. The Kier molecular flexibility index (Phi) is 3.40. The SMILES string of the molecule is O=C(O)c1c(F)ccc(S(=O)(=O)Nc2ccn[nH]2)c1F. The molecule has 1 aromatic heterocycles. The Morgan fingerprint density at radius 1 is 1.30 bits per heavy atom. The molecular weight excluding hydrogens is 296 g/mol. The van der Waals surface area contributed by atoms with E-state index >= 15 is 0 Å².